The maximum absolute atomic E-state index is 12.1. The number of aliphatic hydroxyl groups is 1. The molecule has 2 aromatic rings. The number of hydrogen-bond donors (Lipinski definition) is 1. The first kappa shape index (κ1) is 14.2. The van der Waals surface area contributed by atoms with Crippen molar-refractivity contribution in [1.82, 2.24) is 19.9 Å². The third-order valence-electron chi connectivity index (χ3n) is 2.93. The van der Waals surface area contributed by atoms with Gasteiger partial charge >= 0.3 is 0 Å². The Kier molecular flexibility index (Phi) is 4.47. The second-order valence-electron chi connectivity index (χ2n) is 4.72. The number of benzene rings is 1. The number of nitrogens with zero attached hydrogens (tertiary/aromatic N) is 4. The number of carbonyl (C=O) groups excluding carboxylic acids is 1. The molecule has 0 spiro atoms. The fourth-order valence-electron chi connectivity index (χ4n) is 1.72. The van der Waals surface area contributed by atoms with Gasteiger partial charge in [0.05, 0.1) is 18.0 Å². The van der Waals surface area contributed by atoms with Gasteiger partial charge in [-0.25, -0.2) is 0 Å². The van der Waals surface area contributed by atoms with Crippen LogP contribution in [0.3, 0.4) is 0 Å². The maximum Gasteiger partial charge on any atom is 0.275 e. The molecule has 0 aliphatic carbocycles. The van der Waals surface area contributed by atoms with E-state index in [1.807, 2.05) is 30.3 Å². The first-order valence-electron chi connectivity index (χ1n) is 6.49. The van der Waals surface area contributed by atoms with Crippen molar-refractivity contribution in [3.05, 3.63) is 42.2 Å². The van der Waals surface area contributed by atoms with Gasteiger partial charge in [-0.3, -0.25) is 4.79 Å². The van der Waals surface area contributed by atoms with Gasteiger partial charge in [0.1, 0.15) is 0 Å². The van der Waals surface area contributed by atoms with E-state index in [4.69, 9.17) is 0 Å². The molecule has 0 saturated carbocycles. The summed E-state index contributed by atoms with van der Waals surface area (Å²) in [5.74, 6) is -0.201. The summed E-state index contributed by atoms with van der Waals surface area (Å²) < 4.78 is 0. The largest absolute Gasteiger partial charge is 0.393 e. The molecule has 1 unspecified atom stereocenters. The van der Waals surface area contributed by atoms with Crippen LogP contribution in [0.4, 0.5) is 0 Å². The van der Waals surface area contributed by atoms with Gasteiger partial charge in [0.2, 0.25) is 0 Å². The summed E-state index contributed by atoms with van der Waals surface area (Å²) in [5, 5.41) is 17.5. The highest BCUT2D eigenvalue weighted by Gasteiger charge is 2.16. The summed E-state index contributed by atoms with van der Waals surface area (Å²) in [6, 6.07) is 9.41. The summed E-state index contributed by atoms with van der Waals surface area (Å²) in [5.41, 5.74) is 1.10. The van der Waals surface area contributed by atoms with Crippen molar-refractivity contribution in [2.45, 2.75) is 19.4 Å². The first-order chi connectivity index (χ1) is 9.58. The molecule has 1 N–H and O–H groups in total. The van der Waals surface area contributed by atoms with E-state index in [-0.39, 0.29) is 5.91 Å². The number of rotatable bonds is 5. The zero-order chi connectivity index (χ0) is 14.5. The predicted octanol–water partition coefficient (Wildman–Crippen LogP) is 1.11. The lowest BCUT2D eigenvalue weighted by Crippen LogP contribution is -2.29. The lowest BCUT2D eigenvalue weighted by molar-refractivity contribution is 0.0763. The fourth-order valence-corrected chi connectivity index (χ4v) is 1.72. The summed E-state index contributed by atoms with van der Waals surface area (Å²) in [7, 11) is 1.69. The Hall–Kier alpha value is -2.21. The van der Waals surface area contributed by atoms with Gasteiger partial charge in [-0.15, -0.1) is 5.10 Å². The SMILES string of the molecule is CC(O)CCN(C)C(=O)c1cnn(-c2ccccc2)n1. The van der Waals surface area contributed by atoms with Crippen molar-refractivity contribution in [2.24, 2.45) is 0 Å². The Balaban J connectivity index is 2.07. The summed E-state index contributed by atoms with van der Waals surface area (Å²) in [6.07, 6.45) is 1.56. The molecule has 0 bridgehead atoms. The minimum Gasteiger partial charge on any atom is -0.393 e. The van der Waals surface area contributed by atoms with E-state index >= 15 is 0 Å². The van der Waals surface area contributed by atoms with Crippen LogP contribution in [-0.2, 0) is 0 Å². The third-order valence-corrected chi connectivity index (χ3v) is 2.93. The van der Waals surface area contributed by atoms with E-state index in [0.717, 1.165) is 5.69 Å². The van der Waals surface area contributed by atoms with Gasteiger partial charge < -0.3 is 10.0 Å². The molecular formula is C14H18N4O2. The number of aliphatic hydroxyl groups excluding tert-OH is 1. The topological polar surface area (TPSA) is 71.2 Å². The molecule has 2 rings (SSSR count). The highest BCUT2D eigenvalue weighted by molar-refractivity contribution is 5.91. The zero-order valence-corrected chi connectivity index (χ0v) is 11.6. The number of amides is 1. The maximum atomic E-state index is 12.1. The molecule has 106 valence electrons. The van der Waals surface area contributed by atoms with Crippen LogP contribution in [0.1, 0.15) is 23.8 Å². The Morgan fingerprint density at radius 1 is 1.40 bits per heavy atom. The van der Waals surface area contributed by atoms with Crippen molar-refractivity contribution < 1.29 is 9.90 Å². The van der Waals surface area contributed by atoms with E-state index in [9.17, 15) is 9.90 Å². The molecule has 1 amide bonds. The Morgan fingerprint density at radius 3 is 2.75 bits per heavy atom. The summed E-state index contributed by atoms with van der Waals surface area (Å²) in [4.78, 5) is 15.1. The molecule has 1 heterocycles. The van der Waals surface area contributed by atoms with Gasteiger partial charge in [0.25, 0.3) is 5.91 Å². The first-order valence-corrected chi connectivity index (χ1v) is 6.49. The minimum absolute atomic E-state index is 0.201. The number of para-hydroxylation sites is 1. The normalized spacial score (nSPS) is 12.2. The molecule has 20 heavy (non-hydrogen) atoms. The molecule has 6 nitrogen and oxygen atoms in total. The van der Waals surface area contributed by atoms with Gasteiger partial charge in [-0.05, 0) is 25.5 Å². The van der Waals surface area contributed by atoms with Crippen LogP contribution < -0.4 is 0 Å². The Bertz CT molecular complexity index is 566. The molecule has 6 heteroatoms. The van der Waals surface area contributed by atoms with E-state index in [1.165, 1.54) is 15.9 Å². The van der Waals surface area contributed by atoms with E-state index in [1.54, 1.807) is 14.0 Å². The molecule has 1 atom stereocenters. The Labute approximate surface area is 117 Å². The van der Waals surface area contributed by atoms with E-state index in [0.29, 0.717) is 18.7 Å². The van der Waals surface area contributed by atoms with Crippen LogP contribution in [0.15, 0.2) is 36.5 Å². The smallest absolute Gasteiger partial charge is 0.275 e. The van der Waals surface area contributed by atoms with Gasteiger partial charge in [-0.2, -0.15) is 9.90 Å². The highest BCUT2D eigenvalue weighted by Crippen LogP contribution is 2.06. The zero-order valence-electron chi connectivity index (χ0n) is 11.6. The van der Waals surface area contributed by atoms with Crippen LogP contribution in [0.25, 0.3) is 5.69 Å². The van der Waals surface area contributed by atoms with Crippen molar-refractivity contribution in [3.63, 3.8) is 0 Å². The molecule has 0 fully saturated rings. The summed E-state index contributed by atoms with van der Waals surface area (Å²) in [6.45, 7) is 2.18. The molecule has 1 aromatic heterocycles. The second-order valence-corrected chi connectivity index (χ2v) is 4.72. The molecule has 0 aliphatic rings. The molecule has 0 saturated heterocycles. The molecule has 1 aromatic carbocycles. The van der Waals surface area contributed by atoms with Crippen LogP contribution >= 0.6 is 0 Å². The molecular weight excluding hydrogens is 256 g/mol. The number of carbonyl (C=O) groups is 1. The molecule has 0 radical (unpaired) electrons. The number of aromatic nitrogens is 3. The van der Waals surface area contributed by atoms with Crippen LogP contribution in [-0.4, -0.2) is 50.6 Å². The fraction of sp³-hybridized carbons (Fsp3) is 0.357. The average molecular weight is 274 g/mol. The van der Waals surface area contributed by atoms with Crippen molar-refractivity contribution in [3.8, 4) is 5.69 Å². The average Bonchev–Trinajstić information content (AvgIpc) is 2.94. The quantitative estimate of drug-likeness (QED) is 0.886. The van der Waals surface area contributed by atoms with Crippen molar-refractivity contribution in [2.75, 3.05) is 13.6 Å². The van der Waals surface area contributed by atoms with Gasteiger partial charge in [0.15, 0.2) is 5.69 Å². The van der Waals surface area contributed by atoms with Crippen LogP contribution in [0.2, 0.25) is 0 Å². The van der Waals surface area contributed by atoms with Crippen molar-refractivity contribution >= 4 is 5.91 Å². The summed E-state index contributed by atoms with van der Waals surface area (Å²) >= 11 is 0. The van der Waals surface area contributed by atoms with Crippen molar-refractivity contribution in [1.29, 1.82) is 0 Å². The van der Waals surface area contributed by atoms with Crippen LogP contribution in [0, 0.1) is 0 Å². The third kappa shape index (κ3) is 3.42. The Morgan fingerprint density at radius 2 is 2.10 bits per heavy atom. The lowest BCUT2D eigenvalue weighted by atomic mass is 10.2. The van der Waals surface area contributed by atoms with Gasteiger partial charge in [-0.1, -0.05) is 18.2 Å². The highest BCUT2D eigenvalue weighted by atomic mass is 16.3. The van der Waals surface area contributed by atoms with E-state index in [2.05, 4.69) is 10.2 Å². The standard InChI is InChI=1S/C14H18N4O2/c1-11(19)8-9-17(2)14(20)13-10-15-18(16-13)12-6-4-3-5-7-12/h3-7,10-11,19H,8-9H2,1-2H3. The number of hydrogen-bond acceptors (Lipinski definition) is 4. The second kappa shape index (κ2) is 6.29. The van der Waals surface area contributed by atoms with Crippen LogP contribution in [0.5, 0.6) is 0 Å². The molecule has 0 aliphatic heterocycles. The predicted molar refractivity (Wildman–Crippen MR) is 74.6 cm³/mol. The monoisotopic (exact) mass is 274 g/mol. The van der Waals surface area contributed by atoms with Gasteiger partial charge in [0, 0.05) is 13.6 Å². The van der Waals surface area contributed by atoms with E-state index < -0.39 is 6.10 Å². The minimum atomic E-state index is -0.426. The lowest BCUT2D eigenvalue weighted by Gasteiger charge is -2.16.